The van der Waals surface area contributed by atoms with Gasteiger partial charge in [0.05, 0.1) is 20.6 Å². The van der Waals surface area contributed by atoms with Crippen LogP contribution in [-0.4, -0.2) is 25.3 Å². The first-order valence-corrected chi connectivity index (χ1v) is 5.62. The fraction of sp³-hybridized carbons (Fsp3) is 1.00. The van der Waals surface area contributed by atoms with E-state index in [-0.39, 0.29) is 4.65 Å². The maximum absolute atomic E-state index is 11.5. The molecule has 0 aromatic rings. The van der Waals surface area contributed by atoms with E-state index in [4.69, 9.17) is 0 Å². The number of hydrogen-bond acceptors (Lipinski definition) is 1. The summed E-state index contributed by atoms with van der Waals surface area (Å²) in [7, 11) is 3.53. The third-order valence-electron chi connectivity index (χ3n) is 2.92. The molecule has 0 bridgehead atoms. The molecule has 1 aliphatic rings. The van der Waals surface area contributed by atoms with Gasteiger partial charge in [0.1, 0.15) is 0 Å². The predicted octanol–water partition coefficient (Wildman–Crippen LogP) is 2.92. The fourth-order valence-electron chi connectivity index (χ4n) is 2.35. The molecule has 1 rings (SSSR count). The molecule has 0 radical (unpaired) electrons. The molecule has 2 heteroatoms. The van der Waals surface area contributed by atoms with Crippen molar-refractivity contribution >= 4 is 0 Å². The van der Waals surface area contributed by atoms with E-state index in [1.807, 2.05) is 0 Å². The van der Waals surface area contributed by atoms with Crippen molar-refractivity contribution in [3.8, 4) is 0 Å². The molecule has 0 aromatic carbocycles. The van der Waals surface area contributed by atoms with Crippen molar-refractivity contribution in [1.82, 2.24) is 0 Å². The maximum Gasteiger partial charge on any atom is 0.0808 e. The van der Waals surface area contributed by atoms with Crippen molar-refractivity contribution in [3.05, 3.63) is 5.21 Å². The molecule has 78 valence electrons. The Morgan fingerprint density at radius 2 is 1.46 bits per heavy atom. The van der Waals surface area contributed by atoms with E-state index in [1.54, 1.807) is 14.1 Å². The lowest BCUT2D eigenvalue weighted by Crippen LogP contribution is -2.37. The second-order valence-electron chi connectivity index (χ2n) is 4.97. The van der Waals surface area contributed by atoms with Crippen molar-refractivity contribution in [2.24, 2.45) is 5.92 Å². The van der Waals surface area contributed by atoms with Gasteiger partial charge in [0.25, 0.3) is 0 Å². The van der Waals surface area contributed by atoms with Gasteiger partial charge in [-0.05, 0) is 12.8 Å². The van der Waals surface area contributed by atoms with Crippen LogP contribution in [0.25, 0.3) is 0 Å². The van der Waals surface area contributed by atoms with Gasteiger partial charge in [0.15, 0.2) is 0 Å². The number of quaternary nitrogens is 1. The Kier molecular flexibility index (Phi) is 4.20. The summed E-state index contributed by atoms with van der Waals surface area (Å²) in [6.07, 6.45) is 9.40. The molecule has 0 amide bonds. The van der Waals surface area contributed by atoms with Crippen LogP contribution in [-0.2, 0) is 0 Å². The lowest BCUT2D eigenvalue weighted by atomic mass is 9.91. The van der Waals surface area contributed by atoms with Crippen molar-refractivity contribution in [2.45, 2.75) is 44.9 Å². The zero-order valence-corrected chi connectivity index (χ0v) is 9.09. The summed E-state index contributed by atoms with van der Waals surface area (Å²) in [5.41, 5.74) is 0. The summed E-state index contributed by atoms with van der Waals surface area (Å²) < 4.78 is -0.106. The van der Waals surface area contributed by atoms with Gasteiger partial charge in [0, 0.05) is 5.92 Å². The van der Waals surface area contributed by atoms with Crippen molar-refractivity contribution in [3.63, 3.8) is 0 Å². The van der Waals surface area contributed by atoms with Crippen LogP contribution in [0.3, 0.4) is 0 Å². The standard InChI is InChI=1S/C11H23NO/c1-12(2,13)10-11-8-6-4-3-5-7-9-11/h11H,3-10H2,1-2H3. The molecule has 0 heterocycles. The predicted molar refractivity (Wildman–Crippen MR) is 56.2 cm³/mol. The molecule has 0 spiro atoms. The molecule has 1 aliphatic carbocycles. The van der Waals surface area contributed by atoms with Gasteiger partial charge in [-0.1, -0.05) is 32.1 Å². The zero-order chi connectivity index (χ0) is 9.73. The Balaban J connectivity index is 2.29. The van der Waals surface area contributed by atoms with E-state index in [9.17, 15) is 5.21 Å². The first-order valence-electron chi connectivity index (χ1n) is 5.62. The summed E-state index contributed by atoms with van der Waals surface area (Å²) in [6.45, 7) is 0.819. The van der Waals surface area contributed by atoms with E-state index in [1.165, 1.54) is 44.9 Å². The molecule has 2 nitrogen and oxygen atoms in total. The zero-order valence-electron chi connectivity index (χ0n) is 9.09. The Bertz CT molecular complexity index is 132. The first-order chi connectivity index (χ1) is 6.08. The van der Waals surface area contributed by atoms with E-state index in [0.717, 1.165) is 6.54 Å². The van der Waals surface area contributed by atoms with Crippen molar-refractivity contribution in [2.75, 3.05) is 20.6 Å². The van der Waals surface area contributed by atoms with E-state index in [0.29, 0.717) is 5.92 Å². The topological polar surface area (TPSA) is 23.1 Å². The highest BCUT2D eigenvalue weighted by Gasteiger charge is 2.16. The SMILES string of the molecule is C[N+](C)([O-])CC1CCCCCCC1. The van der Waals surface area contributed by atoms with Crippen LogP contribution in [0.5, 0.6) is 0 Å². The highest BCUT2D eigenvalue weighted by molar-refractivity contribution is 4.63. The lowest BCUT2D eigenvalue weighted by Gasteiger charge is -2.37. The molecule has 0 unspecified atom stereocenters. The largest absolute Gasteiger partial charge is 0.633 e. The minimum absolute atomic E-state index is 0.106. The number of rotatable bonds is 2. The third kappa shape index (κ3) is 5.27. The molecule has 0 aliphatic heterocycles. The van der Waals surface area contributed by atoms with Crippen LogP contribution in [0.15, 0.2) is 0 Å². The van der Waals surface area contributed by atoms with Gasteiger partial charge in [-0.3, -0.25) is 0 Å². The van der Waals surface area contributed by atoms with Crippen LogP contribution in [0, 0.1) is 11.1 Å². The smallest absolute Gasteiger partial charge is 0.0808 e. The van der Waals surface area contributed by atoms with Crippen LogP contribution >= 0.6 is 0 Å². The fourth-order valence-corrected chi connectivity index (χ4v) is 2.35. The minimum Gasteiger partial charge on any atom is -0.633 e. The van der Waals surface area contributed by atoms with Gasteiger partial charge in [-0.2, -0.15) is 0 Å². The van der Waals surface area contributed by atoms with E-state index in [2.05, 4.69) is 0 Å². The van der Waals surface area contributed by atoms with Gasteiger partial charge < -0.3 is 9.85 Å². The summed E-state index contributed by atoms with van der Waals surface area (Å²) in [5.74, 6) is 0.688. The molecule has 13 heavy (non-hydrogen) atoms. The average molecular weight is 185 g/mol. The second-order valence-corrected chi connectivity index (χ2v) is 4.97. The van der Waals surface area contributed by atoms with Crippen molar-refractivity contribution < 1.29 is 4.65 Å². The molecular weight excluding hydrogens is 162 g/mol. The summed E-state index contributed by atoms with van der Waals surface area (Å²) in [5, 5.41) is 11.5. The molecule has 1 saturated carbocycles. The highest BCUT2D eigenvalue weighted by atomic mass is 16.5. The van der Waals surface area contributed by atoms with Crippen LogP contribution in [0.1, 0.15) is 44.9 Å². The normalized spacial score (nSPS) is 22.4. The van der Waals surface area contributed by atoms with Crippen LogP contribution < -0.4 is 0 Å². The Labute approximate surface area is 82.1 Å². The molecule has 0 atom stereocenters. The summed E-state index contributed by atoms with van der Waals surface area (Å²) in [6, 6.07) is 0. The monoisotopic (exact) mass is 185 g/mol. The van der Waals surface area contributed by atoms with Crippen LogP contribution in [0.4, 0.5) is 0 Å². The lowest BCUT2D eigenvalue weighted by molar-refractivity contribution is -0.843. The number of nitrogens with zero attached hydrogens (tertiary/aromatic N) is 1. The van der Waals surface area contributed by atoms with Gasteiger partial charge in [-0.15, -0.1) is 0 Å². The quantitative estimate of drug-likeness (QED) is 0.479. The highest BCUT2D eigenvalue weighted by Crippen LogP contribution is 2.23. The Morgan fingerprint density at radius 1 is 1.00 bits per heavy atom. The second kappa shape index (κ2) is 4.97. The number of hydroxylamine groups is 3. The summed E-state index contributed by atoms with van der Waals surface area (Å²) >= 11 is 0. The summed E-state index contributed by atoms with van der Waals surface area (Å²) in [4.78, 5) is 0. The minimum atomic E-state index is -0.106. The third-order valence-corrected chi connectivity index (χ3v) is 2.92. The van der Waals surface area contributed by atoms with Gasteiger partial charge in [-0.25, -0.2) is 0 Å². The molecule has 0 saturated heterocycles. The molecule has 0 aromatic heterocycles. The average Bonchev–Trinajstić information content (AvgIpc) is 1.92. The number of hydrogen-bond donors (Lipinski definition) is 0. The van der Waals surface area contributed by atoms with Gasteiger partial charge >= 0.3 is 0 Å². The Morgan fingerprint density at radius 3 is 1.92 bits per heavy atom. The van der Waals surface area contributed by atoms with E-state index >= 15 is 0 Å². The first kappa shape index (κ1) is 11.0. The van der Waals surface area contributed by atoms with Crippen molar-refractivity contribution in [1.29, 1.82) is 0 Å². The van der Waals surface area contributed by atoms with Gasteiger partial charge in [0.2, 0.25) is 0 Å². The Hall–Kier alpha value is -0.0800. The van der Waals surface area contributed by atoms with Crippen LogP contribution in [0.2, 0.25) is 0 Å². The maximum atomic E-state index is 11.5. The molecular formula is C11H23NO. The molecule has 0 N–H and O–H groups in total. The molecule has 1 fully saturated rings. The van der Waals surface area contributed by atoms with E-state index < -0.39 is 0 Å².